The minimum atomic E-state index is -1.11. The monoisotopic (exact) mass is 252 g/mol. The zero-order valence-electron chi connectivity index (χ0n) is 10.5. The van der Waals surface area contributed by atoms with E-state index in [2.05, 4.69) is 0 Å². The van der Waals surface area contributed by atoms with Gasteiger partial charge >= 0.3 is 0 Å². The Morgan fingerprint density at radius 2 is 1.47 bits per heavy atom. The molecule has 0 heterocycles. The maximum absolute atomic E-state index is 11.0. The predicted molar refractivity (Wildman–Crippen MR) is 75.4 cm³/mol. The van der Waals surface area contributed by atoms with Gasteiger partial charge in [0.15, 0.2) is 0 Å². The van der Waals surface area contributed by atoms with Gasteiger partial charge in [-0.3, -0.25) is 0 Å². The van der Waals surface area contributed by atoms with E-state index in [1.807, 2.05) is 60.7 Å². The third kappa shape index (κ3) is 2.09. The van der Waals surface area contributed by atoms with Gasteiger partial charge in [0.25, 0.3) is 0 Å². The minimum absolute atomic E-state index is 0.307. The van der Waals surface area contributed by atoms with E-state index in [0.717, 1.165) is 16.7 Å². The summed E-state index contributed by atoms with van der Waals surface area (Å²) < 4.78 is 0. The molecule has 0 aromatic heterocycles. The molecule has 2 nitrogen and oxygen atoms in total. The van der Waals surface area contributed by atoms with Crippen molar-refractivity contribution < 1.29 is 10.2 Å². The molecule has 0 saturated heterocycles. The second-order valence-electron chi connectivity index (χ2n) is 4.94. The first-order chi connectivity index (χ1) is 9.20. The number of benzene rings is 2. The van der Waals surface area contributed by atoms with E-state index in [1.165, 1.54) is 0 Å². The third-order valence-electron chi connectivity index (χ3n) is 3.65. The average Bonchev–Trinajstić information content (AvgIpc) is 2.77. The van der Waals surface area contributed by atoms with Crippen LogP contribution in [0.15, 0.2) is 66.7 Å². The maximum atomic E-state index is 11.0. The Morgan fingerprint density at radius 1 is 0.895 bits per heavy atom. The Balaban J connectivity index is 2.09. The normalized spacial score (nSPS) is 26.2. The SMILES string of the molecule is O[C@H]1C=C(c2ccccc2)[C@](O)(c2ccccc2)C1. The molecule has 0 aliphatic heterocycles. The molecule has 0 amide bonds. The van der Waals surface area contributed by atoms with Crippen LogP contribution in [-0.4, -0.2) is 16.3 Å². The van der Waals surface area contributed by atoms with Crippen LogP contribution >= 0.6 is 0 Å². The Hall–Kier alpha value is -1.90. The van der Waals surface area contributed by atoms with Crippen molar-refractivity contribution in [2.45, 2.75) is 18.1 Å². The van der Waals surface area contributed by atoms with Crippen LogP contribution in [0.2, 0.25) is 0 Å². The van der Waals surface area contributed by atoms with Crippen LogP contribution in [0.5, 0.6) is 0 Å². The summed E-state index contributed by atoms with van der Waals surface area (Å²) >= 11 is 0. The number of hydrogen-bond acceptors (Lipinski definition) is 2. The summed E-state index contributed by atoms with van der Waals surface area (Å²) in [4.78, 5) is 0. The zero-order chi connectivity index (χ0) is 13.3. The Bertz CT molecular complexity index is 589. The predicted octanol–water partition coefficient (Wildman–Crippen LogP) is 2.72. The molecule has 0 bridgehead atoms. The lowest BCUT2D eigenvalue weighted by Crippen LogP contribution is -2.26. The van der Waals surface area contributed by atoms with Crippen molar-refractivity contribution in [2.75, 3.05) is 0 Å². The van der Waals surface area contributed by atoms with Crippen molar-refractivity contribution in [1.82, 2.24) is 0 Å². The molecule has 96 valence electrons. The molecule has 3 rings (SSSR count). The van der Waals surface area contributed by atoms with E-state index in [4.69, 9.17) is 0 Å². The molecular weight excluding hydrogens is 236 g/mol. The third-order valence-corrected chi connectivity index (χ3v) is 3.65. The van der Waals surface area contributed by atoms with Crippen LogP contribution in [0.3, 0.4) is 0 Å². The lowest BCUT2D eigenvalue weighted by molar-refractivity contribution is 0.0629. The summed E-state index contributed by atoms with van der Waals surface area (Å²) in [5.74, 6) is 0. The molecular formula is C17H16O2. The van der Waals surface area contributed by atoms with Crippen molar-refractivity contribution in [3.63, 3.8) is 0 Å². The minimum Gasteiger partial charge on any atom is -0.389 e. The first-order valence-electron chi connectivity index (χ1n) is 6.44. The fourth-order valence-electron chi connectivity index (χ4n) is 2.74. The number of rotatable bonds is 2. The van der Waals surface area contributed by atoms with Crippen LogP contribution in [0, 0.1) is 0 Å². The van der Waals surface area contributed by atoms with E-state index in [1.54, 1.807) is 6.08 Å². The first-order valence-corrected chi connectivity index (χ1v) is 6.44. The van der Waals surface area contributed by atoms with Crippen molar-refractivity contribution in [3.05, 3.63) is 77.9 Å². The molecule has 1 aliphatic carbocycles. The fourth-order valence-corrected chi connectivity index (χ4v) is 2.74. The van der Waals surface area contributed by atoms with Crippen LogP contribution in [0.25, 0.3) is 5.57 Å². The highest BCUT2D eigenvalue weighted by Crippen LogP contribution is 2.44. The second kappa shape index (κ2) is 4.65. The molecule has 19 heavy (non-hydrogen) atoms. The van der Waals surface area contributed by atoms with Gasteiger partial charge < -0.3 is 10.2 Å². The van der Waals surface area contributed by atoms with Gasteiger partial charge in [-0.05, 0) is 22.8 Å². The van der Waals surface area contributed by atoms with Crippen molar-refractivity contribution >= 4 is 5.57 Å². The van der Waals surface area contributed by atoms with Gasteiger partial charge in [-0.15, -0.1) is 0 Å². The lowest BCUT2D eigenvalue weighted by atomic mass is 9.84. The summed E-state index contributed by atoms with van der Waals surface area (Å²) in [7, 11) is 0. The molecule has 0 fully saturated rings. The van der Waals surface area contributed by atoms with Crippen molar-refractivity contribution in [3.8, 4) is 0 Å². The highest BCUT2D eigenvalue weighted by atomic mass is 16.3. The summed E-state index contributed by atoms with van der Waals surface area (Å²) in [6.45, 7) is 0. The standard InChI is InChI=1S/C17H16O2/c18-15-11-16(13-7-3-1-4-8-13)17(19,12-15)14-9-5-2-6-10-14/h1-11,15,18-19H,12H2/t15-,17+/m0/s1. The summed E-state index contributed by atoms with van der Waals surface area (Å²) in [5, 5.41) is 20.9. The van der Waals surface area contributed by atoms with E-state index in [9.17, 15) is 10.2 Å². The summed E-state index contributed by atoms with van der Waals surface area (Å²) in [6, 6.07) is 19.3. The summed E-state index contributed by atoms with van der Waals surface area (Å²) in [6.07, 6.45) is 1.45. The Morgan fingerprint density at radius 3 is 2.11 bits per heavy atom. The number of aliphatic hydroxyl groups is 2. The molecule has 0 radical (unpaired) electrons. The molecule has 0 unspecified atom stereocenters. The topological polar surface area (TPSA) is 40.5 Å². The molecule has 2 aromatic carbocycles. The van der Waals surface area contributed by atoms with Gasteiger partial charge in [0.2, 0.25) is 0 Å². The van der Waals surface area contributed by atoms with Crippen molar-refractivity contribution in [2.24, 2.45) is 0 Å². The van der Waals surface area contributed by atoms with Crippen molar-refractivity contribution in [1.29, 1.82) is 0 Å². The Kier molecular flexibility index (Phi) is 2.97. The zero-order valence-corrected chi connectivity index (χ0v) is 10.5. The van der Waals surface area contributed by atoms with Gasteiger partial charge in [0, 0.05) is 6.42 Å². The molecule has 2 aromatic rings. The van der Waals surface area contributed by atoms with Crippen LogP contribution < -0.4 is 0 Å². The number of hydrogen-bond donors (Lipinski definition) is 2. The molecule has 1 aliphatic rings. The number of aliphatic hydroxyl groups excluding tert-OH is 1. The molecule has 0 spiro atoms. The first kappa shape index (κ1) is 12.2. The van der Waals surface area contributed by atoms with Gasteiger partial charge in [-0.1, -0.05) is 60.7 Å². The van der Waals surface area contributed by atoms with Gasteiger partial charge in [0.1, 0.15) is 5.60 Å². The van der Waals surface area contributed by atoms with Gasteiger partial charge in [-0.25, -0.2) is 0 Å². The second-order valence-corrected chi connectivity index (χ2v) is 4.94. The fraction of sp³-hybridized carbons (Fsp3) is 0.176. The van der Waals surface area contributed by atoms with E-state index < -0.39 is 11.7 Å². The molecule has 2 heteroatoms. The lowest BCUT2D eigenvalue weighted by Gasteiger charge is -2.27. The van der Waals surface area contributed by atoms with Crippen LogP contribution in [0.4, 0.5) is 0 Å². The largest absolute Gasteiger partial charge is 0.389 e. The molecule has 2 N–H and O–H groups in total. The maximum Gasteiger partial charge on any atom is 0.118 e. The molecule has 0 saturated carbocycles. The van der Waals surface area contributed by atoms with Crippen LogP contribution in [0.1, 0.15) is 17.5 Å². The highest BCUT2D eigenvalue weighted by molar-refractivity contribution is 5.76. The van der Waals surface area contributed by atoms with Gasteiger partial charge in [0.05, 0.1) is 6.10 Å². The quantitative estimate of drug-likeness (QED) is 0.862. The molecule has 2 atom stereocenters. The van der Waals surface area contributed by atoms with Gasteiger partial charge in [-0.2, -0.15) is 0 Å². The smallest absolute Gasteiger partial charge is 0.118 e. The average molecular weight is 252 g/mol. The van der Waals surface area contributed by atoms with E-state index in [0.29, 0.717) is 6.42 Å². The van der Waals surface area contributed by atoms with E-state index >= 15 is 0 Å². The highest BCUT2D eigenvalue weighted by Gasteiger charge is 2.41. The Labute approximate surface area is 112 Å². The van der Waals surface area contributed by atoms with E-state index in [-0.39, 0.29) is 0 Å². The summed E-state index contributed by atoms with van der Waals surface area (Å²) in [5.41, 5.74) is 1.45. The van der Waals surface area contributed by atoms with Crippen LogP contribution in [-0.2, 0) is 5.60 Å².